The van der Waals surface area contributed by atoms with Crippen molar-refractivity contribution in [1.29, 1.82) is 0 Å². The van der Waals surface area contributed by atoms with Crippen LogP contribution < -0.4 is 4.90 Å². The maximum Gasteiger partial charge on any atom is 0.136 e. The van der Waals surface area contributed by atoms with E-state index in [2.05, 4.69) is 270 Å². The fourth-order valence-electron chi connectivity index (χ4n) is 10.4. The van der Waals surface area contributed by atoms with Gasteiger partial charge in [-0.05, 0) is 123 Å². The van der Waals surface area contributed by atoms with Crippen LogP contribution in [0.5, 0.6) is 0 Å². The van der Waals surface area contributed by atoms with Gasteiger partial charge in [0.1, 0.15) is 11.2 Å². The lowest BCUT2D eigenvalue weighted by atomic mass is 9.94. The zero-order valence-corrected chi connectivity index (χ0v) is 37.7. The highest BCUT2D eigenvalue weighted by Gasteiger charge is 2.21. The highest BCUT2D eigenvalue weighted by Crippen LogP contribution is 2.46. The van der Waals surface area contributed by atoms with E-state index in [1.165, 1.54) is 49.6 Å². The molecular formula is C66H44N2O. The molecule has 324 valence electrons. The summed E-state index contributed by atoms with van der Waals surface area (Å²) in [5.41, 5.74) is 20.2. The maximum absolute atomic E-state index is 6.41. The van der Waals surface area contributed by atoms with E-state index in [1.54, 1.807) is 0 Å². The van der Waals surface area contributed by atoms with E-state index in [0.717, 1.165) is 72.5 Å². The van der Waals surface area contributed by atoms with Gasteiger partial charge in [0.15, 0.2) is 0 Å². The van der Waals surface area contributed by atoms with Gasteiger partial charge >= 0.3 is 0 Å². The molecule has 0 saturated carbocycles. The van der Waals surface area contributed by atoms with Gasteiger partial charge in [0.25, 0.3) is 0 Å². The molecular weight excluding hydrogens is 837 g/mol. The Hall–Kier alpha value is -9.18. The van der Waals surface area contributed by atoms with Crippen LogP contribution in [0.2, 0.25) is 0 Å². The highest BCUT2D eigenvalue weighted by molar-refractivity contribution is 6.14. The predicted molar refractivity (Wildman–Crippen MR) is 290 cm³/mol. The summed E-state index contributed by atoms with van der Waals surface area (Å²) in [7, 11) is 0. The molecule has 0 bridgehead atoms. The molecule has 0 unspecified atom stereocenters. The van der Waals surface area contributed by atoms with Gasteiger partial charge in [0, 0.05) is 44.2 Å². The van der Waals surface area contributed by atoms with Crippen LogP contribution in [0.4, 0.5) is 17.1 Å². The van der Waals surface area contributed by atoms with Crippen LogP contribution >= 0.6 is 0 Å². The van der Waals surface area contributed by atoms with Gasteiger partial charge in [-0.15, -0.1) is 0 Å². The number of anilines is 3. The lowest BCUT2D eigenvalue weighted by molar-refractivity contribution is 0.669. The summed E-state index contributed by atoms with van der Waals surface area (Å²) in [6.07, 6.45) is 0. The molecule has 0 N–H and O–H groups in total. The van der Waals surface area contributed by atoms with E-state index in [9.17, 15) is 0 Å². The first-order valence-electron chi connectivity index (χ1n) is 23.6. The Morgan fingerprint density at radius 3 is 1.45 bits per heavy atom. The van der Waals surface area contributed by atoms with Crippen LogP contribution in [0, 0.1) is 0 Å². The van der Waals surface area contributed by atoms with Gasteiger partial charge < -0.3 is 13.9 Å². The first-order valence-corrected chi connectivity index (χ1v) is 23.6. The van der Waals surface area contributed by atoms with Crippen molar-refractivity contribution in [3.05, 3.63) is 267 Å². The third kappa shape index (κ3) is 7.08. The summed E-state index contributed by atoms with van der Waals surface area (Å²) >= 11 is 0. The van der Waals surface area contributed by atoms with E-state index < -0.39 is 0 Å². The van der Waals surface area contributed by atoms with E-state index in [-0.39, 0.29) is 0 Å². The molecule has 13 rings (SSSR count). The zero-order valence-electron chi connectivity index (χ0n) is 37.7. The number of rotatable bonds is 9. The van der Waals surface area contributed by atoms with Crippen molar-refractivity contribution in [2.45, 2.75) is 0 Å². The molecule has 11 aromatic carbocycles. The molecule has 69 heavy (non-hydrogen) atoms. The van der Waals surface area contributed by atoms with Crippen molar-refractivity contribution >= 4 is 60.8 Å². The number of para-hydroxylation sites is 4. The standard InChI is InChI=1S/C66H44N2O/c1-2-17-46(18-3-1)54-23-4-5-24-55(54)47-37-41-52(42-38-47)67(61-30-10-8-27-58(61)59-29-16-34-65-66(59)60-28-9-13-33-64(60)69-65)51-39-35-45(36-40-51)48-19-14-20-49(43-48)50-21-15-22-53(44-50)68-62-31-11-6-25-56(62)57-26-7-12-32-63(57)68/h1-44H. The van der Waals surface area contributed by atoms with Crippen LogP contribution in [0.25, 0.3) is 105 Å². The summed E-state index contributed by atoms with van der Waals surface area (Å²) < 4.78 is 8.80. The number of hydrogen-bond acceptors (Lipinski definition) is 2. The first kappa shape index (κ1) is 40.1. The van der Waals surface area contributed by atoms with Crippen molar-refractivity contribution in [1.82, 2.24) is 4.57 Å². The van der Waals surface area contributed by atoms with E-state index in [4.69, 9.17) is 4.42 Å². The quantitative estimate of drug-likeness (QED) is 0.144. The van der Waals surface area contributed by atoms with Gasteiger partial charge in [-0.25, -0.2) is 0 Å². The van der Waals surface area contributed by atoms with Crippen molar-refractivity contribution < 1.29 is 4.42 Å². The Labute approximate surface area is 401 Å². The van der Waals surface area contributed by atoms with Crippen molar-refractivity contribution in [3.8, 4) is 61.3 Å². The Morgan fingerprint density at radius 1 is 0.290 bits per heavy atom. The minimum Gasteiger partial charge on any atom is -0.456 e. The van der Waals surface area contributed by atoms with Gasteiger partial charge in [-0.1, -0.05) is 194 Å². The molecule has 2 heterocycles. The number of fused-ring (bicyclic) bond motifs is 6. The smallest absolute Gasteiger partial charge is 0.136 e. The van der Waals surface area contributed by atoms with Gasteiger partial charge in [0.05, 0.1) is 16.7 Å². The average Bonchev–Trinajstić information content (AvgIpc) is 3.98. The van der Waals surface area contributed by atoms with E-state index >= 15 is 0 Å². The van der Waals surface area contributed by atoms with E-state index in [0.29, 0.717) is 0 Å². The second-order valence-electron chi connectivity index (χ2n) is 17.6. The van der Waals surface area contributed by atoms with Crippen LogP contribution in [0.15, 0.2) is 271 Å². The fraction of sp³-hybridized carbons (Fsp3) is 0. The molecule has 0 saturated heterocycles. The SMILES string of the molecule is c1ccc(-c2ccccc2-c2ccc(N(c3ccc(-c4cccc(-c5cccc(-n6c7ccccc7c7ccccc76)c5)c4)cc3)c3ccccc3-c3cccc4oc5ccccc5c34)cc2)cc1. The number of nitrogens with zero attached hydrogens (tertiary/aromatic N) is 2. The summed E-state index contributed by atoms with van der Waals surface area (Å²) in [4.78, 5) is 2.39. The molecule has 0 atom stereocenters. The molecule has 2 aromatic heterocycles. The van der Waals surface area contributed by atoms with Gasteiger partial charge in [-0.2, -0.15) is 0 Å². The maximum atomic E-state index is 6.41. The molecule has 0 radical (unpaired) electrons. The second kappa shape index (κ2) is 16.9. The predicted octanol–water partition coefficient (Wildman–Crippen LogP) is 18.5. The number of furan rings is 1. The number of hydrogen-bond donors (Lipinski definition) is 0. The molecule has 13 aromatic rings. The molecule has 0 aliphatic heterocycles. The van der Waals surface area contributed by atoms with Crippen molar-refractivity contribution in [3.63, 3.8) is 0 Å². The van der Waals surface area contributed by atoms with Crippen LogP contribution in [0.1, 0.15) is 0 Å². The second-order valence-corrected chi connectivity index (χ2v) is 17.6. The molecule has 0 amide bonds. The fourth-order valence-corrected chi connectivity index (χ4v) is 10.4. The molecule has 0 aliphatic carbocycles. The molecule has 0 spiro atoms. The largest absolute Gasteiger partial charge is 0.456 e. The van der Waals surface area contributed by atoms with Crippen LogP contribution in [-0.4, -0.2) is 4.57 Å². The van der Waals surface area contributed by atoms with Crippen LogP contribution in [0.3, 0.4) is 0 Å². The minimum absolute atomic E-state index is 0.876. The molecule has 3 heteroatoms. The monoisotopic (exact) mass is 880 g/mol. The lowest BCUT2D eigenvalue weighted by Gasteiger charge is -2.28. The number of aromatic nitrogens is 1. The third-order valence-electron chi connectivity index (χ3n) is 13.6. The summed E-state index contributed by atoms with van der Waals surface area (Å²) in [5.74, 6) is 0. The van der Waals surface area contributed by atoms with Crippen molar-refractivity contribution in [2.75, 3.05) is 4.90 Å². The zero-order chi connectivity index (χ0) is 45.7. The molecule has 3 nitrogen and oxygen atoms in total. The average molecular weight is 881 g/mol. The van der Waals surface area contributed by atoms with Gasteiger partial charge in [0.2, 0.25) is 0 Å². The van der Waals surface area contributed by atoms with Crippen LogP contribution in [-0.2, 0) is 0 Å². The molecule has 0 aliphatic rings. The Bertz CT molecular complexity index is 3960. The molecule has 0 fully saturated rings. The Morgan fingerprint density at radius 2 is 0.754 bits per heavy atom. The minimum atomic E-state index is 0.876. The van der Waals surface area contributed by atoms with E-state index in [1.807, 2.05) is 6.07 Å². The normalized spacial score (nSPS) is 11.5. The third-order valence-corrected chi connectivity index (χ3v) is 13.6. The van der Waals surface area contributed by atoms with Crippen molar-refractivity contribution in [2.24, 2.45) is 0 Å². The summed E-state index contributed by atoms with van der Waals surface area (Å²) in [6.45, 7) is 0. The topological polar surface area (TPSA) is 21.3 Å². The summed E-state index contributed by atoms with van der Waals surface area (Å²) in [6, 6.07) is 96.0. The lowest BCUT2D eigenvalue weighted by Crippen LogP contribution is -2.11. The number of benzene rings is 11. The summed E-state index contributed by atoms with van der Waals surface area (Å²) in [5, 5.41) is 4.74. The Kier molecular flexibility index (Phi) is 9.84. The highest BCUT2D eigenvalue weighted by atomic mass is 16.3. The Balaban J connectivity index is 0.902. The first-order chi connectivity index (χ1) is 34.2. The van der Waals surface area contributed by atoms with Gasteiger partial charge in [-0.3, -0.25) is 0 Å².